The highest BCUT2D eigenvalue weighted by molar-refractivity contribution is 7.17. The molecule has 5 heteroatoms. The molecule has 0 atom stereocenters. The second-order valence-electron chi connectivity index (χ2n) is 6.14. The normalized spacial score (nSPS) is 13.5. The van der Waals surface area contributed by atoms with Crippen LogP contribution in [-0.2, 0) is 22.4 Å². The van der Waals surface area contributed by atoms with Gasteiger partial charge in [0.2, 0.25) is 5.91 Å². The Morgan fingerprint density at radius 2 is 1.88 bits per heavy atom. The van der Waals surface area contributed by atoms with Gasteiger partial charge in [-0.2, -0.15) is 0 Å². The molecule has 4 nitrogen and oxygen atoms in total. The van der Waals surface area contributed by atoms with Gasteiger partial charge in [-0.1, -0.05) is 29.8 Å². The van der Waals surface area contributed by atoms with Crippen LogP contribution in [0.15, 0.2) is 30.3 Å². The fourth-order valence-corrected chi connectivity index (χ4v) is 4.26. The van der Waals surface area contributed by atoms with Gasteiger partial charge in [-0.3, -0.25) is 4.79 Å². The van der Waals surface area contributed by atoms with Crippen molar-refractivity contribution in [3.8, 4) is 0 Å². The summed E-state index contributed by atoms with van der Waals surface area (Å²) in [6.45, 7) is 2.02. The van der Waals surface area contributed by atoms with Crippen LogP contribution in [0.25, 0.3) is 6.08 Å². The monoisotopic (exact) mass is 355 g/mol. The van der Waals surface area contributed by atoms with Crippen molar-refractivity contribution in [1.82, 2.24) is 0 Å². The average molecular weight is 355 g/mol. The van der Waals surface area contributed by atoms with E-state index in [-0.39, 0.29) is 11.9 Å². The summed E-state index contributed by atoms with van der Waals surface area (Å²) < 4.78 is 4.92. The van der Waals surface area contributed by atoms with Gasteiger partial charge in [-0.05, 0) is 49.8 Å². The predicted octanol–water partition coefficient (Wildman–Crippen LogP) is 4.37. The van der Waals surface area contributed by atoms with E-state index in [0.29, 0.717) is 10.6 Å². The summed E-state index contributed by atoms with van der Waals surface area (Å²) in [7, 11) is 1.37. The number of thiophene rings is 1. The number of esters is 1. The van der Waals surface area contributed by atoms with Crippen molar-refractivity contribution >= 4 is 34.3 Å². The lowest BCUT2D eigenvalue weighted by molar-refractivity contribution is -0.111. The van der Waals surface area contributed by atoms with Crippen molar-refractivity contribution in [2.24, 2.45) is 0 Å². The minimum Gasteiger partial charge on any atom is -0.465 e. The lowest BCUT2D eigenvalue weighted by atomic mass is 9.95. The van der Waals surface area contributed by atoms with Crippen LogP contribution < -0.4 is 5.32 Å². The van der Waals surface area contributed by atoms with Gasteiger partial charge in [0.05, 0.1) is 12.7 Å². The first kappa shape index (κ1) is 17.4. The van der Waals surface area contributed by atoms with Crippen LogP contribution >= 0.6 is 11.3 Å². The number of aryl methyl sites for hydroxylation is 2. The number of carbonyl (C=O) groups is 2. The van der Waals surface area contributed by atoms with Gasteiger partial charge in [0.25, 0.3) is 0 Å². The minimum absolute atomic E-state index is 0.246. The standard InChI is InChI=1S/C20H21NO3S/c1-13-7-9-14(10-8-13)11-12-17(22)21-19-18(20(23)24-2)15-5-3-4-6-16(15)25-19/h7-12H,3-6H2,1-2H3,(H,21,22). The summed E-state index contributed by atoms with van der Waals surface area (Å²) in [5.74, 6) is -0.624. The number of hydrogen-bond donors (Lipinski definition) is 1. The molecule has 1 N–H and O–H groups in total. The largest absolute Gasteiger partial charge is 0.465 e. The third kappa shape index (κ3) is 3.99. The van der Waals surface area contributed by atoms with Gasteiger partial charge in [0.1, 0.15) is 5.00 Å². The molecule has 1 aliphatic rings. The molecular formula is C20H21NO3S. The molecule has 1 aromatic heterocycles. The fraction of sp³-hybridized carbons (Fsp3) is 0.300. The van der Waals surface area contributed by atoms with E-state index in [0.717, 1.165) is 36.8 Å². The van der Waals surface area contributed by atoms with E-state index in [4.69, 9.17) is 4.74 Å². The van der Waals surface area contributed by atoms with Crippen molar-refractivity contribution < 1.29 is 14.3 Å². The molecule has 1 heterocycles. The van der Waals surface area contributed by atoms with Gasteiger partial charge >= 0.3 is 5.97 Å². The Bertz CT molecular complexity index is 818. The van der Waals surface area contributed by atoms with Crippen LogP contribution in [0.3, 0.4) is 0 Å². The third-order valence-electron chi connectivity index (χ3n) is 4.30. The first-order valence-corrected chi connectivity index (χ1v) is 9.18. The summed E-state index contributed by atoms with van der Waals surface area (Å²) in [6, 6.07) is 7.92. The molecule has 0 aliphatic heterocycles. The molecule has 0 fully saturated rings. The molecule has 2 aromatic rings. The molecule has 1 aliphatic carbocycles. The van der Waals surface area contributed by atoms with Crippen LogP contribution in [0.5, 0.6) is 0 Å². The number of fused-ring (bicyclic) bond motifs is 1. The molecule has 1 amide bonds. The summed E-state index contributed by atoms with van der Waals surface area (Å²) in [5, 5.41) is 3.45. The fourth-order valence-electron chi connectivity index (χ4n) is 2.97. The van der Waals surface area contributed by atoms with Gasteiger partial charge in [0, 0.05) is 11.0 Å². The van der Waals surface area contributed by atoms with E-state index < -0.39 is 0 Å². The van der Waals surface area contributed by atoms with Crippen molar-refractivity contribution in [3.05, 3.63) is 57.5 Å². The average Bonchev–Trinajstić information content (AvgIpc) is 2.98. The molecule has 0 saturated carbocycles. The zero-order valence-electron chi connectivity index (χ0n) is 14.4. The van der Waals surface area contributed by atoms with Gasteiger partial charge in [-0.25, -0.2) is 4.79 Å². The SMILES string of the molecule is COC(=O)c1c(NC(=O)C=Cc2ccc(C)cc2)sc2c1CCCC2. The maximum atomic E-state index is 12.3. The Morgan fingerprint density at radius 3 is 2.60 bits per heavy atom. The summed E-state index contributed by atoms with van der Waals surface area (Å²) in [4.78, 5) is 25.6. The van der Waals surface area contributed by atoms with Crippen molar-refractivity contribution in [3.63, 3.8) is 0 Å². The first-order chi connectivity index (χ1) is 12.1. The Hall–Kier alpha value is -2.40. The van der Waals surface area contributed by atoms with Crippen LogP contribution in [-0.4, -0.2) is 19.0 Å². The zero-order chi connectivity index (χ0) is 17.8. The number of anilines is 1. The van der Waals surface area contributed by atoms with E-state index in [1.807, 2.05) is 31.2 Å². The number of methoxy groups -OCH3 is 1. The van der Waals surface area contributed by atoms with Crippen molar-refractivity contribution in [2.75, 3.05) is 12.4 Å². The zero-order valence-corrected chi connectivity index (χ0v) is 15.2. The van der Waals surface area contributed by atoms with Crippen LogP contribution in [0.1, 0.15) is 44.8 Å². The second kappa shape index (κ2) is 7.66. The minimum atomic E-state index is -0.378. The highest BCUT2D eigenvalue weighted by Crippen LogP contribution is 2.38. The molecule has 0 saturated heterocycles. The lowest BCUT2D eigenvalue weighted by Gasteiger charge is -2.11. The second-order valence-corrected chi connectivity index (χ2v) is 7.25. The number of ether oxygens (including phenoxy) is 1. The smallest absolute Gasteiger partial charge is 0.341 e. The van der Waals surface area contributed by atoms with Gasteiger partial charge in [-0.15, -0.1) is 11.3 Å². The number of hydrogen-bond acceptors (Lipinski definition) is 4. The topological polar surface area (TPSA) is 55.4 Å². The highest BCUT2D eigenvalue weighted by Gasteiger charge is 2.26. The molecule has 130 valence electrons. The van der Waals surface area contributed by atoms with Crippen LogP contribution in [0.2, 0.25) is 0 Å². The molecule has 1 aromatic carbocycles. The highest BCUT2D eigenvalue weighted by atomic mass is 32.1. The number of benzene rings is 1. The number of amides is 1. The molecule has 25 heavy (non-hydrogen) atoms. The summed E-state index contributed by atoms with van der Waals surface area (Å²) >= 11 is 1.49. The number of nitrogens with one attached hydrogen (secondary N) is 1. The molecular weight excluding hydrogens is 334 g/mol. The van der Waals surface area contributed by atoms with Crippen molar-refractivity contribution in [1.29, 1.82) is 0 Å². The number of rotatable bonds is 4. The van der Waals surface area contributed by atoms with E-state index >= 15 is 0 Å². The van der Waals surface area contributed by atoms with Gasteiger partial charge in [0.15, 0.2) is 0 Å². The van der Waals surface area contributed by atoms with E-state index in [1.165, 1.54) is 35.0 Å². The Kier molecular flexibility index (Phi) is 5.34. The quantitative estimate of drug-likeness (QED) is 0.654. The lowest BCUT2D eigenvalue weighted by Crippen LogP contribution is -2.13. The molecule has 0 spiro atoms. The maximum absolute atomic E-state index is 12.3. The number of carbonyl (C=O) groups excluding carboxylic acids is 2. The summed E-state index contributed by atoms with van der Waals surface area (Å²) in [5.41, 5.74) is 3.70. The maximum Gasteiger partial charge on any atom is 0.341 e. The summed E-state index contributed by atoms with van der Waals surface area (Å²) in [6.07, 6.45) is 7.26. The van der Waals surface area contributed by atoms with E-state index in [9.17, 15) is 9.59 Å². The molecule has 0 radical (unpaired) electrons. The Labute approximate surface area is 151 Å². The van der Waals surface area contributed by atoms with Crippen LogP contribution in [0, 0.1) is 6.92 Å². The van der Waals surface area contributed by atoms with Crippen molar-refractivity contribution in [2.45, 2.75) is 32.6 Å². The van der Waals surface area contributed by atoms with Gasteiger partial charge < -0.3 is 10.1 Å². The first-order valence-electron chi connectivity index (χ1n) is 8.37. The molecule has 0 unspecified atom stereocenters. The van der Waals surface area contributed by atoms with E-state index in [1.54, 1.807) is 6.08 Å². The Balaban J connectivity index is 1.79. The van der Waals surface area contributed by atoms with E-state index in [2.05, 4.69) is 5.32 Å². The molecule has 3 rings (SSSR count). The molecule has 0 bridgehead atoms. The third-order valence-corrected chi connectivity index (χ3v) is 5.51. The predicted molar refractivity (Wildman–Crippen MR) is 101 cm³/mol. The Morgan fingerprint density at radius 1 is 1.16 bits per heavy atom. The van der Waals surface area contributed by atoms with Crippen LogP contribution in [0.4, 0.5) is 5.00 Å².